The van der Waals surface area contributed by atoms with Gasteiger partial charge in [0.05, 0.1) is 77.0 Å². The van der Waals surface area contributed by atoms with Crippen molar-refractivity contribution in [3.63, 3.8) is 0 Å². The van der Waals surface area contributed by atoms with E-state index < -0.39 is 7.82 Å². The van der Waals surface area contributed by atoms with Gasteiger partial charge in [0.25, 0.3) is 0 Å². The fourth-order valence-electron chi connectivity index (χ4n) is 9.05. The Balaban J connectivity index is -0.000000318. The van der Waals surface area contributed by atoms with Crippen molar-refractivity contribution in [2.45, 2.75) is 238 Å². The first-order chi connectivity index (χ1) is 25.1. The van der Waals surface area contributed by atoms with Crippen molar-refractivity contribution in [3.05, 3.63) is 0 Å². The molecule has 0 heterocycles. The van der Waals surface area contributed by atoms with Gasteiger partial charge in [-0.2, -0.15) is 7.82 Å². The molecule has 0 saturated carbocycles. The summed E-state index contributed by atoms with van der Waals surface area (Å²) in [7, 11) is -5.39. The number of nitrogens with zero attached hydrogens (tertiary/aromatic N) is 3. The van der Waals surface area contributed by atoms with Crippen LogP contribution in [0.3, 0.4) is 0 Å². The smallest absolute Gasteiger partial charge is 0.0890 e. The van der Waals surface area contributed by atoms with Gasteiger partial charge in [0, 0.05) is 0 Å². The molecule has 7 nitrogen and oxygen atoms in total. The van der Waals surface area contributed by atoms with E-state index in [0.29, 0.717) is 0 Å². The number of phosphoric acid groups is 1. The van der Waals surface area contributed by atoms with Gasteiger partial charge in [-0.3, -0.25) is 0 Å². The first-order valence-electron chi connectivity index (χ1n) is 23.4. The van der Waals surface area contributed by atoms with Gasteiger partial charge >= 0.3 is 0 Å². The van der Waals surface area contributed by atoms with E-state index in [-0.39, 0.29) is 0 Å². The molecule has 0 bridgehead atoms. The normalized spacial score (nSPS) is 12.3. The Labute approximate surface area is 336 Å². The molecule has 0 aromatic heterocycles. The molecule has 0 rings (SSSR count). The zero-order valence-electron chi connectivity index (χ0n) is 39.2. The van der Waals surface area contributed by atoms with Gasteiger partial charge in [-0.25, -0.2) is 0 Å². The summed E-state index contributed by atoms with van der Waals surface area (Å²) >= 11 is 0. The minimum absolute atomic E-state index is 0.917. The number of quaternary nitrogens is 3. The van der Waals surface area contributed by atoms with Gasteiger partial charge in [-0.1, -0.05) is 80.1 Å². The third-order valence-electron chi connectivity index (χ3n) is 13.3. The lowest BCUT2D eigenvalue weighted by molar-refractivity contribution is -0.947. The number of hydrogen-bond donors (Lipinski definition) is 0. The molecule has 0 aliphatic carbocycles. The lowest BCUT2D eigenvalue weighted by Crippen LogP contribution is -2.55. The van der Waals surface area contributed by atoms with Crippen LogP contribution in [-0.2, 0) is 4.57 Å². The third-order valence-corrected chi connectivity index (χ3v) is 13.3. The predicted molar refractivity (Wildman–Crippen MR) is 232 cm³/mol. The van der Waals surface area contributed by atoms with Crippen LogP contribution in [0.2, 0.25) is 0 Å². The third kappa shape index (κ3) is 27.3. The van der Waals surface area contributed by atoms with Gasteiger partial charge < -0.3 is 32.7 Å². The lowest BCUT2D eigenvalue weighted by Gasteiger charge is -2.43. The highest BCUT2D eigenvalue weighted by Crippen LogP contribution is 2.26. The summed E-state index contributed by atoms with van der Waals surface area (Å²) in [5, 5.41) is 0. The van der Waals surface area contributed by atoms with Crippen LogP contribution in [-0.4, -0.2) is 90.5 Å². The van der Waals surface area contributed by atoms with Crippen molar-refractivity contribution in [2.24, 2.45) is 0 Å². The second-order valence-electron chi connectivity index (χ2n) is 15.8. The second-order valence-corrected chi connectivity index (χ2v) is 16.7. The van der Waals surface area contributed by atoms with Crippen LogP contribution >= 0.6 is 7.82 Å². The van der Waals surface area contributed by atoms with E-state index in [0.717, 1.165) is 18.1 Å². The largest absolute Gasteiger partial charge is 0.822 e. The molecule has 8 heteroatoms. The second kappa shape index (κ2) is 37.6. The summed E-state index contributed by atoms with van der Waals surface area (Å²) in [4.78, 5) is 25.6. The maximum atomic E-state index is 8.55. The average Bonchev–Trinajstić information content (AvgIpc) is 3.16. The fourth-order valence-corrected chi connectivity index (χ4v) is 9.05. The van der Waals surface area contributed by atoms with E-state index in [1.165, 1.54) is 188 Å². The van der Waals surface area contributed by atoms with Crippen molar-refractivity contribution in [2.75, 3.05) is 58.9 Å². The molecule has 0 unspecified atom stereocenters. The molecule has 0 aliphatic heterocycles. The molecule has 0 fully saturated rings. The van der Waals surface area contributed by atoms with Crippen molar-refractivity contribution in [1.82, 2.24) is 0 Å². The highest BCUT2D eigenvalue weighted by atomic mass is 31.2. The van der Waals surface area contributed by atoms with Gasteiger partial charge in [-0.05, 0) is 139 Å². The van der Waals surface area contributed by atoms with Crippen molar-refractivity contribution < 1.29 is 32.7 Å². The van der Waals surface area contributed by atoms with Crippen LogP contribution in [0.25, 0.3) is 0 Å². The molecule has 0 atom stereocenters. The molecule has 326 valence electrons. The zero-order chi connectivity index (χ0) is 41.8. The van der Waals surface area contributed by atoms with E-state index in [1.807, 2.05) is 0 Å². The average molecular weight is 780 g/mol. The van der Waals surface area contributed by atoms with Crippen LogP contribution in [0.4, 0.5) is 0 Å². The minimum atomic E-state index is -5.39. The topological polar surface area (TPSA) is 86.2 Å². The summed E-state index contributed by atoms with van der Waals surface area (Å²) in [6.45, 7) is 47.0. The van der Waals surface area contributed by atoms with Crippen LogP contribution in [0.15, 0.2) is 0 Å². The SMILES string of the molecule is CCCCC(CCCC)[N+](CC)(CC)CC.CCCCC(CCCC)[N+](CC)(CC)CC.CCCCC(CCCC)[N+](CC)(CC)CC.O=P([O-])([O-])[O-]. The lowest BCUT2D eigenvalue weighted by atomic mass is 9.99. The van der Waals surface area contributed by atoms with Gasteiger partial charge in [0.1, 0.15) is 0 Å². The van der Waals surface area contributed by atoms with E-state index >= 15 is 0 Å². The van der Waals surface area contributed by atoms with Crippen molar-refractivity contribution in [3.8, 4) is 0 Å². The Morgan fingerprint density at radius 2 is 0.434 bits per heavy atom. The Bertz CT molecular complexity index is 639. The quantitative estimate of drug-likeness (QED) is 0.0537. The molecule has 0 saturated heterocycles. The molecule has 0 aliphatic rings. The van der Waals surface area contributed by atoms with Crippen molar-refractivity contribution in [1.29, 1.82) is 0 Å². The van der Waals surface area contributed by atoms with E-state index in [2.05, 4.69) is 104 Å². The highest BCUT2D eigenvalue weighted by molar-refractivity contribution is 7.40. The first kappa shape index (κ1) is 59.7. The van der Waals surface area contributed by atoms with Crippen LogP contribution in [0.5, 0.6) is 0 Å². The van der Waals surface area contributed by atoms with Crippen LogP contribution in [0.1, 0.15) is 219 Å². The number of rotatable bonds is 30. The molecule has 0 radical (unpaired) electrons. The molecule has 0 aromatic rings. The Kier molecular flexibility index (Phi) is 42.3. The Morgan fingerprint density at radius 3 is 0.509 bits per heavy atom. The highest BCUT2D eigenvalue weighted by Gasteiger charge is 2.33. The molecule has 0 aromatic carbocycles. The molecular weight excluding hydrogens is 677 g/mol. The summed E-state index contributed by atoms with van der Waals surface area (Å²) < 4.78 is 12.6. The van der Waals surface area contributed by atoms with Crippen LogP contribution < -0.4 is 14.7 Å². The zero-order valence-corrected chi connectivity index (χ0v) is 40.1. The van der Waals surface area contributed by atoms with Crippen LogP contribution in [0, 0.1) is 0 Å². The summed E-state index contributed by atoms with van der Waals surface area (Å²) in [6.07, 6.45) is 25.2. The van der Waals surface area contributed by atoms with E-state index in [4.69, 9.17) is 19.2 Å². The van der Waals surface area contributed by atoms with Gasteiger partial charge in [0.2, 0.25) is 0 Å². The van der Waals surface area contributed by atoms with E-state index in [9.17, 15) is 0 Å². The summed E-state index contributed by atoms with van der Waals surface area (Å²) in [5.41, 5.74) is 0. The number of unbranched alkanes of at least 4 members (excludes halogenated alkanes) is 6. The maximum Gasteiger partial charge on any atom is 0.0890 e. The molecule has 53 heavy (non-hydrogen) atoms. The number of hydrogen-bond acceptors (Lipinski definition) is 4. The monoisotopic (exact) mass is 780 g/mol. The Morgan fingerprint density at radius 1 is 0.321 bits per heavy atom. The minimum Gasteiger partial charge on any atom is -0.822 e. The molecule has 0 N–H and O–H groups in total. The van der Waals surface area contributed by atoms with Gasteiger partial charge in [0.15, 0.2) is 0 Å². The standard InChI is InChI=1S/3C15H34N.H3O4P/c3*1-6-11-13-15(14-12-7-2)16(8-3,9-4)10-5;1-5(2,3)4/h3*15H,6-14H2,1-5H3;(H3,1,2,3,4)/q3*+1;/p-3. The molecular formula is C45H102N3O4P. The summed E-state index contributed by atoms with van der Waals surface area (Å²) in [6, 6.07) is 2.75. The van der Waals surface area contributed by atoms with E-state index in [1.54, 1.807) is 0 Å². The Hall–Kier alpha value is -0.0100. The molecule has 0 amide bonds. The first-order valence-corrected chi connectivity index (χ1v) is 24.9. The fraction of sp³-hybridized carbons (Fsp3) is 1.00. The molecule has 0 spiro atoms. The van der Waals surface area contributed by atoms with Gasteiger partial charge in [-0.15, -0.1) is 0 Å². The maximum absolute atomic E-state index is 8.55. The summed E-state index contributed by atoms with van der Waals surface area (Å²) in [5.74, 6) is 0. The predicted octanol–water partition coefficient (Wildman–Crippen LogP) is 11.0. The van der Waals surface area contributed by atoms with Crippen molar-refractivity contribution >= 4 is 7.82 Å².